The lowest BCUT2D eigenvalue weighted by Crippen LogP contribution is -2.20. The van der Waals surface area contributed by atoms with Crippen molar-refractivity contribution in [2.45, 2.75) is 26.8 Å². The standard InChI is InChI=1S/C15H19N3O2S/c1-9-15(21-11(3)17-9)10(2)18-12-5-4-6-13(7-12)20-8-14(16)19/h4-7,10,18H,8H2,1-3H3,(H2,16,19). The van der Waals surface area contributed by atoms with Crippen LogP contribution in [-0.2, 0) is 4.79 Å². The first-order chi connectivity index (χ1) is 9.95. The molecule has 5 nitrogen and oxygen atoms in total. The van der Waals surface area contributed by atoms with Crippen LogP contribution in [0.15, 0.2) is 24.3 Å². The Balaban J connectivity index is 2.07. The number of hydrogen-bond donors (Lipinski definition) is 2. The number of rotatable bonds is 6. The number of amides is 1. The first-order valence-corrected chi connectivity index (χ1v) is 7.49. The summed E-state index contributed by atoms with van der Waals surface area (Å²) in [6, 6.07) is 7.62. The molecule has 2 aromatic rings. The molecule has 0 aliphatic rings. The summed E-state index contributed by atoms with van der Waals surface area (Å²) in [4.78, 5) is 16.4. The summed E-state index contributed by atoms with van der Waals surface area (Å²) in [5.74, 6) is 0.126. The molecule has 6 heteroatoms. The van der Waals surface area contributed by atoms with Crippen LogP contribution in [0, 0.1) is 13.8 Å². The van der Waals surface area contributed by atoms with Crippen molar-refractivity contribution in [2.24, 2.45) is 5.73 Å². The zero-order valence-electron chi connectivity index (χ0n) is 12.3. The van der Waals surface area contributed by atoms with Gasteiger partial charge in [-0.05, 0) is 32.9 Å². The number of thiazole rings is 1. The Morgan fingerprint density at radius 2 is 2.24 bits per heavy atom. The van der Waals surface area contributed by atoms with Gasteiger partial charge in [-0.2, -0.15) is 0 Å². The molecule has 1 unspecified atom stereocenters. The second-order valence-electron chi connectivity index (χ2n) is 4.83. The molecular formula is C15H19N3O2S. The lowest BCUT2D eigenvalue weighted by molar-refractivity contribution is -0.119. The van der Waals surface area contributed by atoms with Gasteiger partial charge in [0, 0.05) is 16.6 Å². The topological polar surface area (TPSA) is 77.2 Å². The summed E-state index contributed by atoms with van der Waals surface area (Å²) < 4.78 is 5.30. The molecule has 0 bridgehead atoms. The quantitative estimate of drug-likeness (QED) is 0.860. The van der Waals surface area contributed by atoms with Crippen molar-refractivity contribution in [1.29, 1.82) is 0 Å². The number of carbonyl (C=O) groups is 1. The molecule has 1 aromatic carbocycles. The number of nitrogens with one attached hydrogen (secondary N) is 1. The number of primary amides is 1. The van der Waals surface area contributed by atoms with Gasteiger partial charge in [0.05, 0.1) is 16.7 Å². The smallest absolute Gasteiger partial charge is 0.255 e. The number of carbonyl (C=O) groups excluding carboxylic acids is 1. The second kappa shape index (κ2) is 6.58. The van der Waals surface area contributed by atoms with Gasteiger partial charge < -0.3 is 15.8 Å². The van der Waals surface area contributed by atoms with Gasteiger partial charge in [-0.15, -0.1) is 11.3 Å². The highest BCUT2D eigenvalue weighted by Crippen LogP contribution is 2.28. The zero-order valence-corrected chi connectivity index (χ0v) is 13.2. The van der Waals surface area contributed by atoms with Crippen LogP contribution in [0.5, 0.6) is 5.75 Å². The zero-order chi connectivity index (χ0) is 15.4. The fourth-order valence-electron chi connectivity index (χ4n) is 2.09. The van der Waals surface area contributed by atoms with E-state index in [4.69, 9.17) is 10.5 Å². The van der Waals surface area contributed by atoms with E-state index < -0.39 is 5.91 Å². The van der Waals surface area contributed by atoms with Gasteiger partial charge >= 0.3 is 0 Å². The van der Waals surface area contributed by atoms with Crippen LogP contribution in [0.3, 0.4) is 0 Å². The lowest BCUT2D eigenvalue weighted by Gasteiger charge is -2.15. The monoisotopic (exact) mass is 305 g/mol. The molecule has 1 heterocycles. The number of ether oxygens (including phenoxy) is 1. The van der Waals surface area contributed by atoms with E-state index in [0.717, 1.165) is 16.4 Å². The summed E-state index contributed by atoms with van der Waals surface area (Å²) in [5, 5.41) is 4.48. The third-order valence-electron chi connectivity index (χ3n) is 2.93. The Labute approximate surface area is 128 Å². The van der Waals surface area contributed by atoms with E-state index in [1.165, 1.54) is 4.88 Å². The van der Waals surface area contributed by atoms with E-state index in [2.05, 4.69) is 17.2 Å². The molecule has 3 N–H and O–H groups in total. The maximum absolute atomic E-state index is 10.7. The summed E-state index contributed by atoms with van der Waals surface area (Å²) in [6.45, 7) is 6.00. The fourth-order valence-corrected chi connectivity index (χ4v) is 3.02. The molecule has 2 rings (SSSR count). The highest BCUT2D eigenvalue weighted by molar-refractivity contribution is 7.11. The van der Waals surface area contributed by atoms with Crippen LogP contribution >= 0.6 is 11.3 Å². The Morgan fingerprint density at radius 1 is 1.48 bits per heavy atom. The van der Waals surface area contributed by atoms with E-state index in [-0.39, 0.29) is 12.6 Å². The number of anilines is 1. The minimum Gasteiger partial charge on any atom is -0.484 e. The number of benzene rings is 1. The Morgan fingerprint density at radius 3 is 2.86 bits per heavy atom. The molecule has 1 aromatic heterocycles. The predicted molar refractivity (Wildman–Crippen MR) is 84.8 cm³/mol. The van der Waals surface area contributed by atoms with Crippen LogP contribution in [-0.4, -0.2) is 17.5 Å². The van der Waals surface area contributed by atoms with Crippen molar-refractivity contribution in [3.8, 4) is 5.75 Å². The maximum Gasteiger partial charge on any atom is 0.255 e. The fraction of sp³-hybridized carbons (Fsp3) is 0.333. The predicted octanol–water partition coefficient (Wildman–Crippen LogP) is 2.80. The lowest BCUT2D eigenvalue weighted by atomic mass is 10.2. The first-order valence-electron chi connectivity index (χ1n) is 6.67. The van der Waals surface area contributed by atoms with Crippen LogP contribution in [0.2, 0.25) is 0 Å². The minimum absolute atomic E-state index is 0.119. The highest BCUT2D eigenvalue weighted by Gasteiger charge is 2.13. The molecule has 0 spiro atoms. The number of aryl methyl sites for hydroxylation is 2. The first kappa shape index (κ1) is 15.3. The van der Waals surface area contributed by atoms with Gasteiger partial charge in [0.2, 0.25) is 0 Å². The second-order valence-corrected chi connectivity index (χ2v) is 6.07. The van der Waals surface area contributed by atoms with Gasteiger partial charge in [-0.1, -0.05) is 6.07 Å². The van der Waals surface area contributed by atoms with Crippen LogP contribution < -0.4 is 15.8 Å². The molecule has 21 heavy (non-hydrogen) atoms. The summed E-state index contributed by atoms with van der Waals surface area (Å²) in [6.07, 6.45) is 0. The van der Waals surface area contributed by atoms with Crippen molar-refractivity contribution in [3.05, 3.63) is 39.8 Å². The Hall–Kier alpha value is -2.08. The van der Waals surface area contributed by atoms with Crippen molar-refractivity contribution >= 4 is 22.9 Å². The van der Waals surface area contributed by atoms with Gasteiger partial charge in [0.15, 0.2) is 6.61 Å². The molecule has 0 saturated carbocycles. The van der Waals surface area contributed by atoms with Crippen LogP contribution in [0.25, 0.3) is 0 Å². The van der Waals surface area contributed by atoms with Gasteiger partial charge in [-0.3, -0.25) is 4.79 Å². The van der Waals surface area contributed by atoms with E-state index >= 15 is 0 Å². The van der Waals surface area contributed by atoms with E-state index in [9.17, 15) is 4.79 Å². The molecule has 112 valence electrons. The normalized spacial score (nSPS) is 12.0. The molecule has 0 radical (unpaired) electrons. The molecular weight excluding hydrogens is 286 g/mol. The van der Waals surface area contributed by atoms with Crippen molar-refractivity contribution in [1.82, 2.24) is 4.98 Å². The number of hydrogen-bond acceptors (Lipinski definition) is 5. The number of aromatic nitrogens is 1. The van der Waals surface area contributed by atoms with Crippen molar-refractivity contribution in [2.75, 3.05) is 11.9 Å². The summed E-state index contributed by atoms with van der Waals surface area (Å²) in [7, 11) is 0. The summed E-state index contributed by atoms with van der Waals surface area (Å²) in [5.41, 5.74) is 7.05. The Kier molecular flexibility index (Phi) is 4.80. The Bertz CT molecular complexity index is 640. The third kappa shape index (κ3) is 4.19. The summed E-state index contributed by atoms with van der Waals surface area (Å²) >= 11 is 1.69. The number of nitrogens with two attached hydrogens (primary N) is 1. The maximum atomic E-state index is 10.7. The minimum atomic E-state index is -0.488. The van der Waals surface area contributed by atoms with E-state index in [1.54, 1.807) is 17.4 Å². The number of nitrogens with zero attached hydrogens (tertiary/aromatic N) is 1. The molecule has 0 saturated heterocycles. The molecule has 1 atom stereocenters. The average Bonchev–Trinajstić information content (AvgIpc) is 2.76. The molecule has 0 aliphatic heterocycles. The SMILES string of the molecule is Cc1nc(C)c(C(C)Nc2cccc(OCC(N)=O)c2)s1. The van der Waals surface area contributed by atoms with Crippen LogP contribution in [0.4, 0.5) is 5.69 Å². The average molecular weight is 305 g/mol. The van der Waals surface area contributed by atoms with E-state index in [0.29, 0.717) is 5.75 Å². The highest BCUT2D eigenvalue weighted by atomic mass is 32.1. The molecule has 0 aliphatic carbocycles. The molecule has 1 amide bonds. The van der Waals surface area contributed by atoms with Crippen molar-refractivity contribution in [3.63, 3.8) is 0 Å². The third-order valence-corrected chi connectivity index (χ3v) is 4.19. The van der Waals surface area contributed by atoms with E-state index in [1.807, 2.05) is 32.0 Å². The van der Waals surface area contributed by atoms with Gasteiger partial charge in [-0.25, -0.2) is 4.98 Å². The van der Waals surface area contributed by atoms with Gasteiger partial charge in [0.25, 0.3) is 5.91 Å². The molecule has 0 fully saturated rings. The van der Waals surface area contributed by atoms with Gasteiger partial charge in [0.1, 0.15) is 5.75 Å². The largest absolute Gasteiger partial charge is 0.484 e. The van der Waals surface area contributed by atoms with Crippen LogP contribution in [0.1, 0.15) is 28.5 Å². The van der Waals surface area contributed by atoms with Crippen molar-refractivity contribution < 1.29 is 9.53 Å².